The Labute approximate surface area is 125 Å². The number of amides is 1. The van der Waals surface area contributed by atoms with Crippen LogP contribution in [-0.2, 0) is 16.0 Å². The maximum absolute atomic E-state index is 12.1. The number of rotatable bonds is 6. The van der Waals surface area contributed by atoms with E-state index in [0.29, 0.717) is 19.4 Å². The summed E-state index contributed by atoms with van der Waals surface area (Å²) in [7, 11) is 0. The highest BCUT2D eigenvalue weighted by molar-refractivity contribution is 5.84. The van der Waals surface area contributed by atoms with Crippen LogP contribution in [0, 0.1) is 11.8 Å². The molecule has 21 heavy (non-hydrogen) atoms. The molecule has 1 aliphatic carbocycles. The van der Waals surface area contributed by atoms with Gasteiger partial charge in [0.15, 0.2) is 0 Å². The molecule has 1 fully saturated rings. The number of carboxylic acid groups (broad SMARTS) is 1. The second-order valence-corrected chi connectivity index (χ2v) is 5.70. The number of benzene rings is 1. The molecule has 1 N–H and O–H groups in total. The van der Waals surface area contributed by atoms with Crippen molar-refractivity contribution >= 4 is 11.9 Å². The van der Waals surface area contributed by atoms with Crippen molar-refractivity contribution in [1.29, 1.82) is 0 Å². The van der Waals surface area contributed by atoms with Gasteiger partial charge in [-0.25, -0.2) is 0 Å². The Morgan fingerprint density at radius 3 is 2.43 bits per heavy atom. The molecule has 1 aromatic rings. The molecule has 2 rings (SSSR count). The third-order valence-electron chi connectivity index (χ3n) is 4.19. The molecule has 0 saturated heterocycles. The van der Waals surface area contributed by atoms with Crippen LogP contribution in [0.3, 0.4) is 0 Å². The highest BCUT2D eigenvalue weighted by atomic mass is 16.4. The van der Waals surface area contributed by atoms with E-state index in [1.165, 1.54) is 5.56 Å². The number of carbonyl (C=O) groups is 2. The van der Waals surface area contributed by atoms with Crippen molar-refractivity contribution in [2.45, 2.75) is 38.5 Å². The van der Waals surface area contributed by atoms with Gasteiger partial charge in [-0.05, 0) is 31.2 Å². The number of carbonyl (C=O) groups excluding carboxylic acids is 2. The number of nitrogens with one attached hydrogen (secondary N) is 1. The summed E-state index contributed by atoms with van der Waals surface area (Å²) in [5.41, 5.74) is 1.25. The first kappa shape index (κ1) is 15.5. The van der Waals surface area contributed by atoms with Crippen molar-refractivity contribution in [2.24, 2.45) is 11.8 Å². The summed E-state index contributed by atoms with van der Waals surface area (Å²) in [6.45, 7) is 0.587. The summed E-state index contributed by atoms with van der Waals surface area (Å²) in [4.78, 5) is 23.2. The summed E-state index contributed by atoms with van der Waals surface area (Å²) in [6, 6.07) is 10.1. The largest absolute Gasteiger partial charge is 0.550 e. The second kappa shape index (κ2) is 7.81. The van der Waals surface area contributed by atoms with Gasteiger partial charge in [-0.1, -0.05) is 43.2 Å². The molecule has 1 aromatic carbocycles. The average Bonchev–Trinajstić information content (AvgIpc) is 2.52. The van der Waals surface area contributed by atoms with Crippen molar-refractivity contribution < 1.29 is 14.7 Å². The molecule has 1 aliphatic rings. The second-order valence-electron chi connectivity index (χ2n) is 5.70. The van der Waals surface area contributed by atoms with Crippen molar-refractivity contribution in [1.82, 2.24) is 5.32 Å². The van der Waals surface area contributed by atoms with Gasteiger partial charge in [0.2, 0.25) is 5.91 Å². The van der Waals surface area contributed by atoms with Gasteiger partial charge in [0.25, 0.3) is 0 Å². The van der Waals surface area contributed by atoms with Crippen LogP contribution >= 0.6 is 0 Å². The van der Waals surface area contributed by atoms with E-state index in [2.05, 4.69) is 17.4 Å². The van der Waals surface area contributed by atoms with E-state index in [-0.39, 0.29) is 5.91 Å². The summed E-state index contributed by atoms with van der Waals surface area (Å²) < 4.78 is 0. The molecular weight excluding hydrogens is 266 g/mol. The number of aliphatic carboxylic acids is 1. The predicted molar refractivity (Wildman–Crippen MR) is 78.2 cm³/mol. The first-order valence-corrected chi connectivity index (χ1v) is 7.71. The van der Waals surface area contributed by atoms with Gasteiger partial charge in [0.05, 0.1) is 0 Å². The third kappa shape index (κ3) is 4.59. The van der Waals surface area contributed by atoms with Gasteiger partial charge in [0.1, 0.15) is 0 Å². The average molecular weight is 288 g/mol. The molecular formula is C17H22NO3-. The first-order valence-electron chi connectivity index (χ1n) is 7.71. The lowest BCUT2D eigenvalue weighted by Crippen LogP contribution is -2.44. The third-order valence-corrected chi connectivity index (χ3v) is 4.19. The zero-order valence-corrected chi connectivity index (χ0v) is 12.2. The quantitative estimate of drug-likeness (QED) is 0.802. The zero-order chi connectivity index (χ0) is 15.1. The molecule has 0 heterocycles. The Kier molecular flexibility index (Phi) is 5.78. The predicted octanol–water partition coefficient (Wildman–Crippen LogP) is 1.29. The van der Waals surface area contributed by atoms with Gasteiger partial charge in [0, 0.05) is 24.3 Å². The minimum absolute atomic E-state index is 0.128. The summed E-state index contributed by atoms with van der Waals surface area (Å²) in [5.74, 6) is -2.25. The van der Waals surface area contributed by atoms with Gasteiger partial charge in [-0.15, -0.1) is 0 Å². The lowest BCUT2D eigenvalue weighted by Gasteiger charge is -2.31. The molecule has 2 atom stereocenters. The molecule has 1 saturated carbocycles. The number of hydrogen-bond acceptors (Lipinski definition) is 3. The molecule has 0 spiro atoms. The number of hydrogen-bond donors (Lipinski definition) is 1. The van der Waals surface area contributed by atoms with Crippen molar-refractivity contribution in [2.75, 3.05) is 6.54 Å². The van der Waals surface area contributed by atoms with Crippen molar-refractivity contribution in [3.8, 4) is 0 Å². The fraction of sp³-hybridized carbons (Fsp3) is 0.529. The van der Waals surface area contributed by atoms with Crippen LogP contribution in [0.15, 0.2) is 30.3 Å². The van der Waals surface area contributed by atoms with Crippen LogP contribution < -0.4 is 10.4 Å². The lowest BCUT2D eigenvalue weighted by molar-refractivity contribution is -0.314. The van der Waals surface area contributed by atoms with Crippen molar-refractivity contribution in [3.63, 3.8) is 0 Å². The van der Waals surface area contributed by atoms with E-state index in [0.717, 1.165) is 25.7 Å². The molecule has 0 radical (unpaired) electrons. The maximum atomic E-state index is 12.1. The van der Waals surface area contributed by atoms with E-state index >= 15 is 0 Å². The van der Waals surface area contributed by atoms with Gasteiger partial charge in [-0.2, -0.15) is 0 Å². The van der Waals surface area contributed by atoms with E-state index in [9.17, 15) is 14.7 Å². The summed E-state index contributed by atoms with van der Waals surface area (Å²) in [5, 5.41) is 14.0. The highest BCUT2D eigenvalue weighted by Crippen LogP contribution is 2.29. The molecule has 0 bridgehead atoms. The van der Waals surface area contributed by atoms with Gasteiger partial charge >= 0.3 is 0 Å². The van der Waals surface area contributed by atoms with Crippen LogP contribution in [0.25, 0.3) is 0 Å². The molecule has 4 nitrogen and oxygen atoms in total. The Morgan fingerprint density at radius 1 is 1.10 bits per heavy atom. The lowest BCUT2D eigenvalue weighted by atomic mass is 9.78. The molecule has 114 valence electrons. The number of aryl methyl sites for hydroxylation is 1. The maximum Gasteiger partial charge on any atom is 0.223 e. The monoisotopic (exact) mass is 288 g/mol. The van der Waals surface area contributed by atoms with E-state index in [1.54, 1.807) is 0 Å². The minimum Gasteiger partial charge on any atom is -0.550 e. The van der Waals surface area contributed by atoms with E-state index in [1.807, 2.05) is 18.2 Å². The molecule has 0 unspecified atom stereocenters. The van der Waals surface area contributed by atoms with E-state index in [4.69, 9.17) is 0 Å². The topological polar surface area (TPSA) is 69.2 Å². The molecule has 1 amide bonds. The Hall–Kier alpha value is -1.84. The first-order chi connectivity index (χ1) is 10.2. The zero-order valence-electron chi connectivity index (χ0n) is 12.2. The Morgan fingerprint density at radius 2 is 1.76 bits per heavy atom. The molecule has 0 aliphatic heterocycles. The Balaban J connectivity index is 1.74. The fourth-order valence-corrected chi connectivity index (χ4v) is 3.01. The Bertz CT molecular complexity index is 472. The van der Waals surface area contributed by atoms with Crippen LogP contribution in [-0.4, -0.2) is 18.4 Å². The highest BCUT2D eigenvalue weighted by Gasteiger charge is 2.31. The SMILES string of the molecule is O=C([O-])[C@H]1CCCC[C@@H]1C(=O)NCCCc1ccccc1. The van der Waals surface area contributed by atoms with E-state index < -0.39 is 17.8 Å². The normalized spacial score (nSPS) is 21.7. The minimum atomic E-state index is -1.08. The van der Waals surface area contributed by atoms with Gasteiger partial charge in [-0.3, -0.25) is 4.79 Å². The summed E-state index contributed by atoms with van der Waals surface area (Å²) >= 11 is 0. The van der Waals surface area contributed by atoms with Gasteiger partial charge < -0.3 is 15.2 Å². The smallest absolute Gasteiger partial charge is 0.223 e. The standard InChI is InChI=1S/C17H23NO3/c19-16(14-10-4-5-11-15(14)17(20)21)18-12-6-9-13-7-2-1-3-8-13/h1-3,7-8,14-15H,4-6,9-12H2,(H,18,19)(H,20,21)/p-1/t14-,15-/m0/s1. The van der Waals surface area contributed by atoms with Crippen LogP contribution in [0.1, 0.15) is 37.7 Å². The molecule has 0 aromatic heterocycles. The van der Waals surface area contributed by atoms with Crippen LogP contribution in [0.5, 0.6) is 0 Å². The van der Waals surface area contributed by atoms with Crippen molar-refractivity contribution in [3.05, 3.63) is 35.9 Å². The van der Waals surface area contributed by atoms with Crippen LogP contribution in [0.2, 0.25) is 0 Å². The fourth-order valence-electron chi connectivity index (χ4n) is 3.01. The molecule has 4 heteroatoms. The number of carboxylic acids is 1. The summed E-state index contributed by atoms with van der Waals surface area (Å²) in [6.07, 6.45) is 4.78. The van der Waals surface area contributed by atoms with Crippen LogP contribution in [0.4, 0.5) is 0 Å².